The van der Waals surface area contributed by atoms with Gasteiger partial charge in [0.15, 0.2) is 0 Å². The highest BCUT2D eigenvalue weighted by Gasteiger charge is 2.18. The van der Waals surface area contributed by atoms with E-state index in [0.29, 0.717) is 16.9 Å². The van der Waals surface area contributed by atoms with Crippen molar-refractivity contribution in [3.05, 3.63) is 47.5 Å². The van der Waals surface area contributed by atoms with Gasteiger partial charge in [0.2, 0.25) is 0 Å². The summed E-state index contributed by atoms with van der Waals surface area (Å²) in [6, 6.07) is 5.46. The number of benzene rings is 1. The van der Waals surface area contributed by atoms with E-state index in [4.69, 9.17) is 0 Å². The standard InChI is InChI=1S/C16H18FN3O3/c1-10(8-15(21)23-3)19-16(22)14-9-18-20(11(14)2)13-6-4-12(17)5-7-13/h4-7,9-10H,8H2,1-3H3,(H,19,22). The largest absolute Gasteiger partial charge is 0.469 e. The fourth-order valence-corrected chi connectivity index (χ4v) is 2.16. The molecule has 0 fully saturated rings. The van der Waals surface area contributed by atoms with Gasteiger partial charge in [0, 0.05) is 6.04 Å². The second-order valence-corrected chi connectivity index (χ2v) is 5.19. The number of hydrogen-bond acceptors (Lipinski definition) is 4. The summed E-state index contributed by atoms with van der Waals surface area (Å²) in [5.74, 6) is -1.06. The minimum atomic E-state index is -0.392. The van der Waals surface area contributed by atoms with Crippen molar-refractivity contribution in [1.29, 1.82) is 0 Å². The van der Waals surface area contributed by atoms with Crippen molar-refractivity contribution < 1.29 is 18.7 Å². The molecular formula is C16H18FN3O3. The van der Waals surface area contributed by atoms with Gasteiger partial charge in [0.05, 0.1) is 36.7 Å². The van der Waals surface area contributed by atoms with Gasteiger partial charge in [0.1, 0.15) is 5.82 Å². The maximum absolute atomic E-state index is 13.0. The lowest BCUT2D eigenvalue weighted by atomic mass is 10.2. The fraction of sp³-hybridized carbons (Fsp3) is 0.312. The molecule has 0 saturated carbocycles. The number of aromatic nitrogens is 2. The number of nitrogens with one attached hydrogen (secondary N) is 1. The Hall–Kier alpha value is -2.70. The highest BCUT2D eigenvalue weighted by molar-refractivity contribution is 5.95. The zero-order chi connectivity index (χ0) is 17.0. The monoisotopic (exact) mass is 319 g/mol. The highest BCUT2D eigenvalue weighted by atomic mass is 19.1. The Morgan fingerprint density at radius 3 is 2.61 bits per heavy atom. The van der Waals surface area contributed by atoms with Gasteiger partial charge in [-0.05, 0) is 38.1 Å². The van der Waals surface area contributed by atoms with Gasteiger partial charge in [0.25, 0.3) is 5.91 Å². The van der Waals surface area contributed by atoms with E-state index in [1.165, 1.54) is 25.4 Å². The molecule has 1 aromatic heterocycles. The SMILES string of the molecule is COC(=O)CC(C)NC(=O)c1cnn(-c2ccc(F)cc2)c1C. The van der Waals surface area contributed by atoms with E-state index >= 15 is 0 Å². The van der Waals surface area contributed by atoms with Crippen LogP contribution in [0, 0.1) is 12.7 Å². The van der Waals surface area contributed by atoms with Crippen molar-refractivity contribution in [3.63, 3.8) is 0 Å². The van der Waals surface area contributed by atoms with Crippen LogP contribution in [0.2, 0.25) is 0 Å². The predicted molar refractivity (Wildman–Crippen MR) is 81.8 cm³/mol. The minimum Gasteiger partial charge on any atom is -0.469 e. The van der Waals surface area contributed by atoms with E-state index in [1.54, 1.807) is 30.7 Å². The van der Waals surface area contributed by atoms with Crippen molar-refractivity contribution in [2.24, 2.45) is 0 Å². The molecule has 2 aromatic rings. The molecule has 1 unspecified atom stereocenters. The highest BCUT2D eigenvalue weighted by Crippen LogP contribution is 2.15. The normalized spacial score (nSPS) is 11.8. The third-order valence-corrected chi connectivity index (χ3v) is 3.40. The first-order valence-electron chi connectivity index (χ1n) is 7.10. The van der Waals surface area contributed by atoms with Crippen LogP contribution in [0.5, 0.6) is 0 Å². The minimum absolute atomic E-state index is 0.0907. The molecule has 6 nitrogen and oxygen atoms in total. The van der Waals surface area contributed by atoms with Gasteiger partial charge in [-0.15, -0.1) is 0 Å². The molecule has 0 spiro atoms. The number of rotatable bonds is 5. The second kappa shape index (κ2) is 7.04. The Balaban J connectivity index is 2.13. The number of ether oxygens (including phenoxy) is 1. The van der Waals surface area contributed by atoms with E-state index in [-0.39, 0.29) is 24.2 Å². The van der Waals surface area contributed by atoms with Crippen molar-refractivity contribution in [1.82, 2.24) is 15.1 Å². The lowest BCUT2D eigenvalue weighted by molar-refractivity contribution is -0.141. The summed E-state index contributed by atoms with van der Waals surface area (Å²) < 4.78 is 19.1. The first-order chi connectivity index (χ1) is 10.9. The molecule has 0 aliphatic heterocycles. The summed E-state index contributed by atoms with van der Waals surface area (Å²) in [5, 5.41) is 6.89. The lowest BCUT2D eigenvalue weighted by Gasteiger charge is -2.12. The number of carbonyl (C=O) groups is 2. The number of carbonyl (C=O) groups excluding carboxylic acids is 2. The van der Waals surface area contributed by atoms with Crippen LogP contribution in [-0.2, 0) is 9.53 Å². The number of hydrogen-bond donors (Lipinski definition) is 1. The average molecular weight is 319 g/mol. The molecule has 1 amide bonds. The van der Waals surface area contributed by atoms with Crippen LogP contribution in [0.1, 0.15) is 29.4 Å². The van der Waals surface area contributed by atoms with Crippen molar-refractivity contribution in [2.75, 3.05) is 7.11 Å². The summed E-state index contributed by atoms with van der Waals surface area (Å²) >= 11 is 0. The van der Waals surface area contributed by atoms with Crippen molar-refractivity contribution >= 4 is 11.9 Å². The molecule has 0 radical (unpaired) electrons. The van der Waals surface area contributed by atoms with Crippen LogP contribution in [0.3, 0.4) is 0 Å². The predicted octanol–water partition coefficient (Wildman–Crippen LogP) is 2.00. The van der Waals surface area contributed by atoms with Gasteiger partial charge in [-0.3, -0.25) is 9.59 Å². The number of esters is 1. The molecule has 7 heteroatoms. The lowest BCUT2D eigenvalue weighted by Crippen LogP contribution is -2.34. The van der Waals surface area contributed by atoms with Gasteiger partial charge < -0.3 is 10.1 Å². The molecule has 23 heavy (non-hydrogen) atoms. The molecule has 0 bridgehead atoms. The summed E-state index contributed by atoms with van der Waals surface area (Å²) in [6.07, 6.45) is 1.53. The first kappa shape index (κ1) is 16.7. The maximum Gasteiger partial charge on any atom is 0.307 e. The number of nitrogens with zero attached hydrogens (tertiary/aromatic N) is 2. The van der Waals surface area contributed by atoms with E-state index in [2.05, 4.69) is 15.2 Å². The average Bonchev–Trinajstić information content (AvgIpc) is 2.89. The topological polar surface area (TPSA) is 73.2 Å². The zero-order valence-electron chi connectivity index (χ0n) is 13.2. The Labute approximate surface area is 133 Å². The van der Waals surface area contributed by atoms with Crippen LogP contribution in [0.25, 0.3) is 5.69 Å². The van der Waals surface area contributed by atoms with Crippen LogP contribution in [0.4, 0.5) is 4.39 Å². The van der Waals surface area contributed by atoms with E-state index in [0.717, 1.165) is 0 Å². The number of amides is 1. The molecule has 0 aliphatic rings. The van der Waals surface area contributed by atoms with Crippen molar-refractivity contribution in [3.8, 4) is 5.69 Å². The third-order valence-electron chi connectivity index (χ3n) is 3.40. The molecule has 2 rings (SSSR count). The molecular weight excluding hydrogens is 301 g/mol. The molecule has 0 saturated heterocycles. The molecule has 1 N–H and O–H groups in total. The Bertz CT molecular complexity index is 710. The van der Waals surface area contributed by atoms with Crippen LogP contribution >= 0.6 is 0 Å². The second-order valence-electron chi connectivity index (χ2n) is 5.19. The number of methoxy groups -OCH3 is 1. The van der Waals surface area contributed by atoms with E-state index < -0.39 is 5.97 Å². The number of halogens is 1. The van der Waals surface area contributed by atoms with Gasteiger partial charge >= 0.3 is 5.97 Å². The van der Waals surface area contributed by atoms with Gasteiger partial charge in [-0.25, -0.2) is 9.07 Å². The molecule has 122 valence electrons. The Kier molecular flexibility index (Phi) is 5.10. The third kappa shape index (κ3) is 3.94. The summed E-state index contributed by atoms with van der Waals surface area (Å²) in [7, 11) is 1.30. The van der Waals surface area contributed by atoms with Gasteiger partial charge in [-0.1, -0.05) is 0 Å². The Morgan fingerprint density at radius 1 is 1.35 bits per heavy atom. The molecule has 1 atom stereocenters. The molecule has 1 heterocycles. The van der Waals surface area contributed by atoms with Crippen molar-refractivity contribution in [2.45, 2.75) is 26.3 Å². The molecule has 1 aromatic carbocycles. The van der Waals surface area contributed by atoms with Crippen LogP contribution in [0.15, 0.2) is 30.5 Å². The summed E-state index contributed by atoms with van der Waals surface area (Å²) in [5.41, 5.74) is 1.68. The van der Waals surface area contributed by atoms with Crippen LogP contribution < -0.4 is 5.32 Å². The Morgan fingerprint density at radius 2 is 2.00 bits per heavy atom. The molecule has 0 aliphatic carbocycles. The maximum atomic E-state index is 13.0. The van der Waals surface area contributed by atoms with E-state index in [1.807, 2.05) is 0 Å². The van der Waals surface area contributed by atoms with E-state index in [9.17, 15) is 14.0 Å². The van der Waals surface area contributed by atoms with Gasteiger partial charge in [-0.2, -0.15) is 5.10 Å². The smallest absolute Gasteiger partial charge is 0.307 e. The fourth-order valence-electron chi connectivity index (χ4n) is 2.16. The summed E-state index contributed by atoms with van der Waals surface area (Å²) in [4.78, 5) is 23.5. The first-order valence-corrected chi connectivity index (χ1v) is 7.10. The summed E-state index contributed by atoms with van der Waals surface area (Å²) in [6.45, 7) is 3.46. The van der Waals surface area contributed by atoms with Crippen LogP contribution in [-0.4, -0.2) is 34.8 Å². The quantitative estimate of drug-likeness (QED) is 0.856. The zero-order valence-corrected chi connectivity index (χ0v) is 13.2.